The normalized spacial score (nSPS) is 17.0. The molecule has 5 heterocycles. The van der Waals surface area contributed by atoms with Crippen LogP contribution in [0.3, 0.4) is 0 Å². The second-order valence-electron chi connectivity index (χ2n) is 12.2. The van der Waals surface area contributed by atoms with Crippen LogP contribution in [-0.4, -0.2) is 69.4 Å². The van der Waals surface area contributed by atoms with E-state index in [-0.39, 0.29) is 30.3 Å². The molecule has 0 bridgehead atoms. The molecule has 0 radical (unpaired) electrons. The molecule has 2 unspecified atom stereocenters. The average Bonchev–Trinajstić information content (AvgIpc) is 3.48. The van der Waals surface area contributed by atoms with E-state index in [9.17, 15) is 9.59 Å². The highest BCUT2D eigenvalue weighted by Gasteiger charge is 2.33. The van der Waals surface area contributed by atoms with Gasteiger partial charge < -0.3 is 19.7 Å². The predicted molar refractivity (Wildman–Crippen MR) is 171 cm³/mol. The molecule has 1 fully saturated rings. The van der Waals surface area contributed by atoms with Crippen molar-refractivity contribution in [2.24, 2.45) is 7.05 Å². The Morgan fingerprint density at radius 1 is 1.18 bits per heavy atom. The first-order chi connectivity index (χ1) is 21.5. The number of amides is 1. The summed E-state index contributed by atoms with van der Waals surface area (Å²) >= 11 is 0. The summed E-state index contributed by atoms with van der Waals surface area (Å²) in [5.74, 6) is 1.20. The molecule has 5 aromatic rings. The highest BCUT2D eigenvalue weighted by Crippen LogP contribution is 2.26. The molecule has 1 saturated heterocycles. The Labute approximate surface area is 260 Å². The number of allylic oxidation sites excluding steroid dienone is 1. The standard InChI is InChI=1S/C32H37N9O4/c1-7-14-40-29(42)24-19-33-30(35-22-11-12-25-21(17-22)18-34-38(25)6)37-28(24)41(40)26-9-8-10-27(36-26)44-23-13-15-39(20(2)16-23)31(43)45-32(3,4)5/h7-12,17-20,23H,1,13-16H2,2-6H3,(H,33,35,37). The zero-order valence-corrected chi connectivity index (χ0v) is 26.1. The van der Waals surface area contributed by atoms with Gasteiger partial charge in [-0.05, 0) is 52.0 Å². The fourth-order valence-electron chi connectivity index (χ4n) is 5.57. The number of ether oxygens (including phenoxy) is 2. The maximum Gasteiger partial charge on any atom is 0.410 e. The van der Waals surface area contributed by atoms with Crippen molar-refractivity contribution in [2.75, 3.05) is 11.9 Å². The molecular formula is C32H37N9O4. The molecule has 13 nitrogen and oxygen atoms in total. The van der Waals surface area contributed by atoms with Crippen LogP contribution >= 0.6 is 0 Å². The Hall–Kier alpha value is -5.20. The van der Waals surface area contributed by atoms with Crippen LogP contribution in [0.5, 0.6) is 5.88 Å². The van der Waals surface area contributed by atoms with Gasteiger partial charge in [-0.3, -0.25) is 9.48 Å². The number of carbonyl (C=O) groups excluding carboxylic acids is 1. The molecule has 45 heavy (non-hydrogen) atoms. The minimum Gasteiger partial charge on any atom is -0.474 e. The monoisotopic (exact) mass is 611 g/mol. The molecule has 234 valence electrons. The van der Waals surface area contributed by atoms with Crippen molar-refractivity contribution in [1.29, 1.82) is 0 Å². The first-order valence-electron chi connectivity index (χ1n) is 14.9. The quantitative estimate of drug-likeness (QED) is 0.253. The summed E-state index contributed by atoms with van der Waals surface area (Å²) in [5, 5.41) is 8.87. The van der Waals surface area contributed by atoms with Crippen molar-refractivity contribution in [1.82, 2.24) is 39.0 Å². The Morgan fingerprint density at radius 3 is 2.76 bits per heavy atom. The van der Waals surface area contributed by atoms with Crippen molar-refractivity contribution in [3.63, 3.8) is 0 Å². The lowest BCUT2D eigenvalue weighted by atomic mass is 10.0. The van der Waals surface area contributed by atoms with Gasteiger partial charge in [0.25, 0.3) is 5.56 Å². The maximum atomic E-state index is 13.4. The number of carbonyl (C=O) groups is 1. The summed E-state index contributed by atoms with van der Waals surface area (Å²) < 4.78 is 16.9. The van der Waals surface area contributed by atoms with Crippen LogP contribution in [0.25, 0.3) is 27.8 Å². The van der Waals surface area contributed by atoms with Crippen LogP contribution in [0, 0.1) is 0 Å². The Bertz CT molecular complexity index is 1950. The van der Waals surface area contributed by atoms with Crippen molar-refractivity contribution in [3.8, 4) is 11.7 Å². The van der Waals surface area contributed by atoms with E-state index in [0.717, 1.165) is 16.6 Å². The number of anilines is 2. The van der Waals surface area contributed by atoms with E-state index < -0.39 is 5.60 Å². The van der Waals surface area contributed by atoms with Crippen molar-refractivity contribution in [2.45, 2.75) is 64.8 Å². The van der Waals surface area contributed by atoms with Crippen LogP contribution in [-0.2, 0) is 18.3 Å². The molecule has 13 heteroatoms. The zero-order chi connectivity index (χ0) is 31.9. The molecule has 1 aliphatic heterocycles. The van der Waals surface area contributed by atoms with Crippen LogP contribution in [0.15, 0.2) is 66.2 Å². The number of piperidine rings is 1. The first-order valence-corrected chi connectivity index (χ1v) is 14.9. The van der Waals surface area contributed by atoms with Gasteiger partial charge >= 0.3 is 6.09 Å². The summed E-state index contributed by atoms with van der Waals surface area (Å²) in [6.07, 6.45) is 5.76. The van der Waals surface area contributed by atoms with E-state index in [4.69, 9.17) is 19.4 Å². The van der Waals surface area contributed by atoms with Crippen molar-refractivity contribution in [3.05, 3.63) is 71.8 Å². The molecule has 2 atom stereocenters. The summed E-state index contributed by atoms with van der Waals surface area (Å²) in [6.45, 7) is 12.2. The molecule has 0 spiro atoms. The van der Waals surface area contributed by atoms with E-state index in [2.05, 4.69) is 22.0 Å². The Balaban J connectivity index is 1.27. The number of nitrogens with one attached hydrogen (secondary N) is 1. The van der Waals surface area contributed by atoms with Gasteiger partial charge in [0.2, 0.25) is 11.8 Å². The number of likely N-dealkylation sites (tertiary alicyclic amines) is 1. The molecule has 0 saturated carbocycles. The number of aromatic nitrogens is 7. The smallest absolute Gasteiger partial charge is 0.410 e. The van der Waals surface area contributed by atoms with Gasteiger partial charge in [0, 0.05) is 55.8 Å². The summed E-state index contributed by atoms with van der Waals surface area (Å²) in [4.78, 5) is 41.8. The highest BCUT2D eigenvalue weighted by atomic mass is 16.6. The summed E-state index contributed by atoms with van der Waals surface area (Å²) in [7, 11) is 1.89. The number of pyridine rings is 1. The Kier molecular flexibility index (Phi) is 7.77. The van der Waals surface area contributed by atoms with E-state index >= 15 is 0 Å². The lowest BCUT2D eigenvalue weighted by molar-refractivity contribution is -0.00150. The molecule has 6 rings (SSSR count). The van der Waals surface area contributed by atoms with Crippen LogP contribution in [0.1, 0.15) is 40.5 Å². The number of benzene rings is 1. The molecule has 1 aliphatic rings. The molecule has 1 N–H and O–H groups in total. The fraction of sp³-hybridized carbons (Fsp3) is 0.375. The van der Waals surface area contributed by atoms with Crippen molar-refractivity contribution < 1.29 is 14.3 Å². The summed E-state index contributed by atoms with van der Waals surface area (Å²) in [6, 6.07) is 11.2. The van der Waals surface area contributed by atoms with E-state index in [1.54, 1.807) is 38.7 Å². The molecule has 4 aromatic heterocycles. The number of rotatable bonds is 7. The topological polar surface area (TPSA) is 134 Å². The highest BCUT2D eigenvalue weighted by molar-refractivity contribution is 5.83. The third-order valence-electron chi connectivity index (χ3n) is 7.65. The van der Waals surface area contributed by atoms with E-state index in [0.29, 0.717) is 48.1 Å². The number of hydrogen-bond acceptors (Lipinski definition) is 9. The van der Waals surface area contributed by atoms with Gasteiger partial charge in [0.05, 0.1) is 18.3 Å². The van der Waals surface area contributed by atoms with Gasteiger partial charge in [-0.1, -0.05) is 12.1 Å². The van der Waals surface area contributed by atoms with E-state index in [1.165, 1.54) is 10.9 Å². The van der Waals surface area contributed by atoms with Crippen LogP contribution in [0.2, 0.25) is 0 Å². The van der Waals surface area contributed by atoms with Gasteiger partial charge in [0.1, 0.15) is 17.1 Å². The Morgan fingerprint density at radius 2 is 2.00 bits per heavy atom. The second-order valence-corrected chi connectivity index (χ2v) is 12.2. The number of fused-ring (bicyclic) bond motifs is 2. The van der Waals surface area contributed by atoms with Gasteiger partial charge in [-0.15, -0.1) is 6.58 Å². The third kappa shape index (κ3) is 6.10. The van der Waals surface area contributed by atoms with Crippen LogP contribution < -0.4 is 15.6 Å². The second kappa shape index (κ2) is 11.7. The number of hydrogen-bond donors (Lipinski definition) is 1. The van der Waals surface area contributed by atoms with Crippen LogP contribution in [0.4, 0.5) is 16.4 Å². The lowest BCUT2D eigenvalue weighted by Gasteiger charge is -2.38. The first kappa shape index (κ1) is 29.9. The summed E-state index contributed by atoms with van der Waals surface area (Å²) in [5.41, 5.74) is 1.37. The molecule has 0 aliphatic carbocycles. The zero-order valence-electron chi connectivity index (χ0n) is 26.1. The average molecular weight is 612 g/mol. The number of nitrogens with zero attached hydrogens (tertiary/aromatic N) is 8. The third-order valence-corrected chi connectivity index (χ3v) is 7.65. The van der Waals surface area contributed by atoms with Crippen molar-refractivity contribution >= 4 is 39.7 Å². The van der Waals surface area contributed by atoms with Gasteiger partial charge in [0.15, 0.2) is 11.5 Å². The van der Waals surface area contributed by atoms with Gasteiger partial charge in [-0.2, -0.15) is 15.1 Å². The molecule has 1 amide bonds. The molecule has 1 aromatic carbocycles. The lowest BCUT2D eigenvalue weighted by Crippen LogP contribution is -2.49. The predicted octanol–water partition coefficient (Wildman–Crippen LogP) is 4.96. The van der Waals surface area contributed by atoms with E-state index in [1.807, 2.05) is 59.0 Å². The maximum absolute atomic E-state index is 13.4. The fourth-order valence-corrected chi connectivity index (χ4v) is 5.57. The molecular weight excluding hydrogens is 574 g/mol. The largest absolute Gasteiger partial charge is 0.474 e. The SMILES string of the molecule is C=CCn1c(=O)c2cnc(Nc3ccc4c(cnn4C)c3)nc2n1-c1cccc(OC2CCN(C(=O)OC(C)(C)C)C(C)C2)n1. The minimum absolute atomic E-state index is 0.0607. The van der Waals surface area contributed by atoms with Gasteiger partial charge in [-0.25, -0.2) is 19.1 Å². The minimum atomic E-state index is -0.556. The number of aryl methyl sites for hydroxylation is 1.